The minimum absolute atomic E-state index is 0.250. The zero-order valence-electron chi connectivity index (χ0n) is 17.5. The second kappa shape index (κ2) is 9.79. The summed E-state index contributed by atoms with van der Waals surface area (Å²) in [6.07, 6.45) is 4.18. The molecule has 1 unspecified atom stereocenters. The van der Waals surface area contributed by atoms with Crippen LogP contribution in [0.4, 0.5) is 0 Å². The van der Waals surface area contributed by atoms with Gasteiger partial charge < -0.3 is 9.29 Å². The minimum atomic E-state index is -3.67. The molecular formula is C25H25O5S2+. The molecule has 0 spiro atoms. The van der Waals surface area contributed by atoms with Gasteiger partial charge in [0.15, 0.2) is 14.7 Å². The zero-order valence-corrected chi connectivity index (χ0v) is 19.1. The number of carboxylic acid groups (broad SMARTS) is 1. The first-order chi connectivity index (χ1) is 15.5. The van der Waals surface area contributed by atoms with Gasteiger partial charge in [-0.2, -0.15) is 8.42 Å². The van der Waals surface area contributed by atoms with Gasteiger partial charge in [0.2, 0.25) is 0 Å². The molecule has 0 radical (unpaired) electrons. The van der Waals surface area contributed by atoms with Crippen LogP contribution in [0.5, 0.6) is 5.75 Å². The van der Waals surface area contributed by atoms with Crippen LogP contribution in [0.15, 0.2) is 93.5 Å². The number of rotatable bonds is 7. The number of hydrogen-bond acceptors (Lipinski definition) is 4. The monoisotopic (exact) mass is 469 g/mol. The van der Waals surface area contributed by atoms with E-state index in [1.807, 2.05) is 54.6 Å². The fourth-order valence-electron chi connectivity index (χ4n) is 3.96. The summed E-state index contributed by atoms with van der Waals surface area (Å²) in [5.41, 5.74) is 0.250. The van der Waals surface area contributed by atoms with Crippen molar-refractivity contribution < 1.29 is 22.5 Å². The standard InChI is InChI=1S/C25H24O5S2/c26-25(27)23-13-7-8-14-24(23)31(20-9-3-1-4-10-20)21-17-15-19(16-18-21)30-32(28,29)22-11-5-2-6-12-22/h1,3-4,7-10,13-18,22H,2,5-6,11-12H2/p+1. The van der Waals surface area contributed by atoms with E-state index in [0.717, 1.165) is 29.1 Å². The van der Waals surface area contributed by atoms with E-state index in [9.17, 15) is 18.3 Å². The summed E-state index contributed by atoms with van der Waals surface area (Å²) in [6, 6.07) is 23.6. The first kappa shape index (κ1) is 22.4. The number of carboxylic acids is 1. The molecule has 1 aliphatic carbocycles. The van der Waals surface area contributed by atoms with Gasteiger partial charge in [0, 0.05) is 0 Å². The van der Waals surface area contributed by atoms with E-state index in [2.05, 4.69) is 0 Å². The van der Waals surface area contributed by atoms with E-state index >= 15 is 0 Å². The maximum absolute atomic E-state index is 12.7. The van der Waals surface area contributed by atoms with Crippen LogP contribution in [0.2, 0.25) is 0 Å². The molecule has 1 N–H and O–H groups in total. The van der Waals surface area contributed by atoms with E-state index in [1.54, 1.807) is 24.3 Å². The lowest BCUT2D eigenvalue weighted by Gasteiger charge is -2.21. The fraction of sp³-hybridized carbons (Fsp3) is 0.240. The highest BCUT2D eigenvalue weighted by Gasteiger charge is 2.33. The van der Waals surface area contributed by atoms with Gasteiger partial charge in [-0.15, -0.1) is 0 Å². The molecule has 0 heterocycles. The molecular weight excluding hydrogens is 444 g/mol. The second-order valence-electron chi connectivity index (χ2n) is 7.73. The number of benzene rings is 3. The quantitative estimate of drug-likeness (QED) is 0.364. The van der Waals surface area contributed by atoms with E-state index in [0.29, 0.717) is 17.7 Å². The maximum Gasteiger partial charge on any atom is 0.340 e. The molecule has 4 rings (SSSR count). The Morgan fingerprint density at radius 1 is 0.812 bits per heavy atom. The molecule has 1 fully saturated rings. The molecule has 0 aromatic heterocycles. The van der Waals surface area contributed by atoms with Crippen molar-refractivity contribution in [1.29, 1.82) is 0 Å². The van der Waals surface area contributed by atoms with Gasteiger partial charge in [-0.1, -0.05) is 49.6 Å². The van der Waals surface area contributed by atoms with E-state index in [-0.39, 0.29) is 11.3 Å². The summed E-state index contributed by atoms with van der Waals surface area (Å²) in [6.45, 7) is 0. The summed E-state index contributed by atoms with van der Waals surface area (Å²) >= 11 is 0. The van der Waals surface area contributed by atoms with Gasteiger partial charge in [0.05, 0.1) is 5.25 Å². The third-order valence-corrected chi connectivity index (χ3v) is 9.54. The van der Waals surface area contributed by atoms with Gasteiger partial charge in [-0.05, 0) is 61.4 Å². The largest absolute Gasteiger partial charge is 0.478 e. The average Bonchev–Trinajstić information content (AvgIpc) is 2.82. The van der Waals surface area contributed by atoms with Gasteiger partial charge in [-0.3, -0.25) is 0 Å². The predicted octanol–water partition coefficient (Wildman–Crippen LogP) is 5.52. The Hall–Kier alpha value is -2.77. The Balaban J connectivity index is 1.67. The highest BCUT2D eigenvalue weighted by atomic mass is 32.2. The number of aromatic carboxylic acids is 1. The highest BCUT2D eigenvalue weighted by Crippen LogP contribution is 2.34. The van der Waals surface area contributed by atoms with E-state index < -0.39 is 32.2 Å². The second-order valence-corrected chi connectivity index (χ2v) is 11.5. The molecule has 0 amide bonds. The molecule has 0 saturated heterocycles. The molecule has 3 aromatic carbocycles. The summed E-state index contributed by atoms with van der Waals surface area (Å²) in [5, 5.41) is 9.27. The van der Waals surface area contributed by atoms with E-state index in [4.69, 9.17) is 4.18 Å². The van der Waals surface area contributed by atoms with Crippen LogP contribution in [0, 0.1) is 0 Å². The Labute approximate surface area is 191 Å². The van der Waals surface area contributed by atoms with Crippen LogP contribution >= 0.6 is 0 Å². The topological polar surface area (TPSA) is 80.7 Å². The normalized spacial score (nSPS) is 15.8. The molecule has 3 aromatic rings. The summed E-state index contributed by atoms with van der Waals surface area (Å²) in [7, 11) is -4.34. The van der Waals surface area contributed by atoms with Crippen LogP contribution in [-0.2, 0) is 21.0 Å². The number of hydrogen-bond donors (Lipinski definition) is 1. The molecule has 0 aliphatic heterocycles. The summed E-state index contributed by atoms with van der Waals surface area (Å²) in [5.74, 6) is -0.699. The number of carbonyl (C=O) groups is 1. The lowest BCUT2D eigenvalue weighted by Crippen LogP contribution is -2.28. The maximum atomic E-state index is 12.7. The lowest BCUT2D eigenvalue weighted by molar-refractivity contribution is 0.0693. The lowest BCUT2D eigenvalue weighted by atomic mass is 10.0. The fourth-order valence-corrected chi connectivity index (χ4v) is 7.59. The average molecular weight is 470 g/mol. The van der Waals surface area contributed by atoms with Gasteiger partial charge in [0.25, 0.3) is 0 Å². The van der Waals surface area contributed by atoms with Crippen molar-refractivity contribution in [2.45, 2.75) is 52.0 Å². The Morgan fingerprint density at radius 2 is 1.41 bits per heavy atom. The molecule has 1 saturated carbocycles. The molecule has 7 heteroatoms. The molecule has 166 valence electrons. The predicted molar refractivity (Wildman–Crippen MR) is 125 cm³/mol. The van der Waals surface area contributed by atoms with Gasteiger partial charge in [0.1, 0.15) is 22.2 Å². The van der Waals surface area contributed by atoms with Crippen LogP contribution in [0.3, 0.4) is 0 Å². The Kier molecular flexibility index (Phi) is 6.86. The summed E-state index contributed by atoms with van der Waals surface area (Å²) in [4.78, 5) is 14.4. The van der Waals surface area contributed by atoms with Crippen molar-refractivity contribution >= 4 is 27.0 Å². The van der Waals surface area contributed by atoms with Crippen molar-refractivity contribution in [3.05, 3.63) is 84.4 Å². The zero-order chi connectivity index (χ0) is 22.6. The van der Waals surface area contributed by atoms with Crippen molar-refractivity contribution in [1.82, 2.24) is 0 Å². The van der Waals surface area contributed by atoms with Gasteiger partial charge in [-0.25, -0.2) is 4.79 Å². The van der Waals surface area contributed by atoms with Crippen molar-refractivity contribution in [2.75, 3.05) is 0 Å². The van der Waals surface area contributed by atoms with Gasteiger partial charge >= 0.3 is 16.1 Å². The van der Waals surface area contributed by atoms with Crippen LogP contribution in [-0.4, -0.2) is 24.7 Å². The smallest absolute Gasteiger partial charge is 0.340 e. The first-order valence-electron chi connectivity index (χ1n) is 10.6. The van der Waals surface area contributed by atoms with Crippen molar-refractivity contribution in [3.63, 3.8) is 0 Å². The molecule has 0 bridgehead atoms. The molecule has 1 aliphatic rings. The minimum Gasteiger partial charge on any atom is -0.478 e. The van der Waals surface area contributed by atoms with Crippen molar-refractivity contribution in [3.8, 4) is 5.75 Å². The summed E-state index contributed by atoms with van der Waals surface area (Å²) < 4.78 is 30.7. The SMILES string of the molecule is O=C(O)c1ccccc1[S+](c1ccccc1)c1ccc(OS(=O)(=O)C2CCCCC2)cc1. The van der Waals surface area contributed by atoms with Crippen molar-refractivity contribution in [2.24, 2.45) is 0 Å². The molecule has 1 atom stereocenters. The highest BCUT2D eigenvalue weighted by molar-refractivity contribution is 7.97. The van der Waals surface area contributed by atoms with E-state index in [1.165, 1.54) is 0 Å². The Morgan fingerprint density at radius 3 is 2.06 bits per heavy atom. The Bertz CT molecular complexity index is 1170. The first-order valence-corrected chi connectivity index (χ1v) is 13.3. The third kappa shape index (κ3) is 5.00. The van der Waals surface area contributed by atoms with Crippen LogP contribution < -0.4 is 4.18 Å². The molecule has 5 nitrogen and oxygen atoms in total. The van der Waals surface area contributed by atoms with Crippen LogP contribution in [0.1, 0.15) is 42.5 Å². The van der Waals surface area contributed by atoms with Crippen LogP contribution in [0.25, 0.3) is 0 Å². The third-order valence-electron chi connectivity index (χ3n) is 5.55. The molecule has 32 heavy (non-hydrogen) atoms.